The Bertz CT molecular complexity index is 663. The minimum Gasteiger partial charge on any atom is -0.345 e. The minimum atomic E-state index is -2.57. The first-order chi connectivity index (χ1) is 11.6. The standard InChI is InChI=1S/C20H21F2NO/c21-20(22)13-11-16(12-14-20)18(15-7-3-1-4-8-15)23-19(24)17-9-5-2-6-10-17/h1-10,16,18H,11-14H2,(H,23,24). The molecule has 1 N–H and O–H groups in total. The van der Waals surface area contributed by atoms with Crippen molar-refractivity contribution in [3.05, 3.63) is 71.8 Å². The van der Waals surface area contributed by atoms with Gasteiger partial charge in [-0.05, 0) is 36.5 Å². The molecule has 2 aromatic carbocycles. The number of benzene rings is 2. The highest BCUT2D eigenvalue weighted by molar-refractivity contribution is 5.94. The molecule has 3 rings (SSSR count). The summed E-state index contributed by atoms with van der Waals surface area (Å²) >= 11 is 0. The van der Waals surface area contributed by atoms with E-state index in [4.69, 9.17) is 0 Å². The van der Waals surface area contributed by atoms with E-state index in [1.807, 2.05) is 48.5 Å². The summed E-state index contributed by atoms with van der Waals surface area (Å²) < 4.78 is 27.0. The van der Waals surface area contributed by atoms with Crippen molar-refractivity contribution in [3.63, 3.8) is 0 Å². The van der Waals surface area contributed by atoms with Crippen LogP contribution in [0.5, 0.6) is 0 Å². The minimum absolute atomic E-state index is 0.0275. The summed E-state index contributed by atoms with van der Waals surface area (Å²) in [6.07, 6.45) is 0.619. The van der Waals surface area contributed by atoms with E-state index in [0.29, 0.717) is 18.4 Å². The largest absolute Gasteiger partial charge is 0.345 e. The topological polar surface area (TPSA) is 29.1 Å². The van der Waals surface area contributed by atoms with Gasteiger partial charge in [0.2, 0.25) is 5.92 Å². The lowest BCUT2D eigenvalue weighted by molar-refractivity contribution is -0.0493. The molecular formula is C20H21F2NO. The van der Waals surface area contributed by atoms with Gasteiger partial charge in [-0.1, -0.05) is 48.5 Å². The third-order valence-electron chi connectivity index (χ3n) is 4.71. The molecule has 2 nitrogen and oxygen atoms in total. The smallest absolute Gasteiger partial charge is 0.251 e. The van der Waals surface area contributed by atoms with Crippen molar-refractivity contribution >= 4 is 5.91 Å². The number of carbonyl (C=O) groups is 1. The van der Waals surface area contributed by atoms with E-state index < -0.39 is 5.92 Å². The summed E-state index contributed by atoms with van der Waals surface area (Å²) in [4.78, 5) is 12.5. The van der Waals surface area contributed by atoms with Gasteiger partial charge in [-0.2, -0.15) is 0 Å². The summed E-state index contributed by atoms with van der Waals surface area (Å²) in [7, 11) is 0. The first kappa shape index (κ1) is 16.6. The van der Waals surface area contributed by atoms with E-state index in [9.17, 15) is 13.6 Å². The molecule has 1 atom stereocenters. The van der Waals surface area contributed by atoms with Crippen molar-refractivity contribution in [3.8, 4) is 0 Å². The molecule has 2 aromatic rings. The molecule has 24 heavy (non-hydrogen) atoms. The molecule has 0 heterocycles. The van der Waals surface area contributed by atoms with Crippen LogP contribution < -0.4 is 5.32 Å². The van der Waals surface area contributed by atoms with E-state index in [1.54, 1.807) is 12.1 Å². The van der Waals surface area contributed by atoms with E-state index >= 15 is 0 Å². The Morgan fingerprint density at radius 3 is 2.08 bits per heavy atom. The van der Waals surface area contributed by atoms with Crippen molar-refractivity contribution in [2.45, 2.75) is 37.6 Å². The number of halogens is 2. The fraction of sp³-hybridized carbons (Fsp3) is 0.350. The number of alkyl halides is 2. The molecule has 1 amide bonds. The zero-order valence-electron chi connectivity index (χ0n) is 13.4. The monoisotopic (exact) mass is 329 g/mol. The number of rotatable bonds is 4. The molecule has 1 aliphatic carbocycles. The fourth-order valence-electron chi connectivity index (χ4n) is 3.34. The summed E-state index contributed by atoms with van der Waals surface area (Å²) in [5.74, 6) is -2.71. The summed E-state index contributed by atoms with van der Waals surface area (Å²) in [6.45, 7) is 0. The molecule has 0 bridgehead atoms. The number of nitrogens with one attached hydrogen (secondary N) is 1. The first-order valence-electron chi connectivity index (χ1n) is 8.34. The van der Waals surface area contributed by atoms with Crippen molar-refractivity contribution in [2.75, 3.05) is 0 Å². The maximum absolute atomic E-state index is 13.5. The third-order valence-corrected chi connectivity index (χ3v) is 4.71. The maximum atomic E-state index is 13.5. The van der Waals surface area contributed by atoms with Gasteiger partial charge >= 0.3 is 0 Å². The normalized spacial score (nSPS) is 18.8. The molecule has 1 aliphatic rings. The molecule has 1 unspecified atom stereocenters. The van der Waals surface area contributed by atoms with Gasteiger partial charge in [-0.25, -0.2) is 8.78 Å². The van der Waals surface area contributed by atoms with Gasteiger partial charge < -0.3 is 5.32 Å². The second kappa shape index (κ2) is 7.12. The molecule has 0 aromatic heterocycles. The van der Waals surface area contributed by atoms with Crippen LogP contribution in [0.4, 0.5) is 8.78 Å². The maximum Gasteiger partial charge on any atom is 0.251 e. The zero-order valence-corrected chi connectivity index (χ0v) is 13.4. The predicted molar refractivity (Wildman–Crippen MR) is 90.0 cm³/mol. The van der Waals surface area contributed by atoms with E-state index in [2.05, 4.69) is 5.32 Å². The van der Waals surface area contributed by atoms with Gasteiger partial charge in [0, 0.05) is 18.4 Å². The lowest BCUT2D eigenvalue weighted by atomic mass is 9.79. The summed E-state index contributed by atoms with van der Waals surface area (Å²) in [6, 6.07) is 18.4. The van der Waals surface area contributed by atoms with Crippen LogP contribution in [0.15, 0.2) is 60.7 Å². The molecule has 0 saturated heterocycles. The SMILES string of the molecule is O=C(NC(c1ccccc1)C1CCC(F)(F)CC1)c1ccccc1. The molecule has 0 radical (unpaired) electrons. The van der Waals surface area contributed by atoms with Gasteiger partial charge in [0.15, 0.2) is 0 Å². The number of hydrogen-bond donors (Lipinski definition) is 1. The van der Waals surface area contributed by atoms with Gasteiger partial charge in [0.25, 0.3) is 5.91 Å². The van der Waals surface area contributed by atoms with Crippen LogP contribution in [0.2, 0.25) is 0 Å². The van der Waals surface area contributed by atoms with Crippen LogP contribution in [-0.4, -0.2) is 11.8 Å². The van der Waals surface area contributed by atoms with E-state index in [0.717, 1.165) is 5.56 Å². The molecule has 1 saturated carbocycles. The predicted octanol–water partition coefficient (Wildman–Crippen LogP) is 4.98. The Morgan fingerprint density at radius 1 is 0.958 bits per heavy atom. The highest BCUT2D eigenvalue weighted by atomic mass is 19.3. The van der Waals surface area contributed by atoms with Crippen LogP contribution >= 0.6 is 0 Å². The Hall–Kier alpha value is -2.23. The Labute approximate surface area is 140 Å². The zero-order chi connectivity index (χ0) is 17.0. The van der Waals surface area contributed by atoms with Crippen molar-refractivity contribution in [1.82, 2.24) is 5.32 Å². The molecule has 0 spiro atoms. The second-order valence-electron chi connectivity index (χ2n) is 6.42. The number of amides is 1. The van der Waals surface area contributed by atoms with Crippen LogP contribution in [0.1, 0.15) is 47.6 Å². The summed E-state index contributed by atoms with van der Waals surface area (Å²) in [5.41, 5.74) is 1.55. The molecule has 126 valence electrons. The quantitative estimate of drug-likeness (QED) is 0.842. The van der Waals surface area contributed by atoms with Crippen LogP contribution in [-0.2, 0) is 0 Å². The molecule has 0 aliphatic heterocycles. The van der Waals surface area contributed by atoms with Gasteiger partial charge in [0.05, 0.1) is 6.04 Å². The van der Waals surface area contributed by atoms with Crippen molar-refractivity contribution in [1.29, 1.82) is 0 Å². The molecular weight excluding hydrogens is 308 g/mol. The van der Waals surface area contributed by atoms with E-state index in [-0.39, 0.29) is 30.7 Å². The van der Waals surface area contributed by atoms with Crippen LogP contribution in [0.3, 0.4) is 0 Å². The van der Waals surface area contributed by atoms with Crippen molar-refractivity contribution < 1.29 is 13.6 Å². The number of hydrogen-bond acceptors (Lipinski definition) is 1. The Balaban J connectivity index is 1.80. The summed E-state index contributed by atoms with van der Waals surface area (Å²) in [5, 5.41) is 3.06. The van der Waals surface area contributed by atoms with Crippen LogP contribution in [0.25, 0.3) is 0 Å². The lowest BCUT2D eigenvalue weighted by Gasteiger charge is -2.34. The Kier molecular flexibility index (Phi) is 4.93. The average molecular weight is 329 g/mol. The second-order valence-corrected chi connectivity index (χ2v) is 6.42. The fourth-order valence-corrected chi connectivity index (χ4v) is 3.34. The number of carbonyl (C=O) groups excluding carboxylic acids is 1. The lowest BCUT2D eigenvalue weighted by Crippen LogP contribution is -2.37. The van der Waals surface area contributed by atoms with E-state index in [1.165, 1.54) is 0 Å². The van der Waals surface area contributed by atoms with Crippen molar-refractivity contribution in [2.24, 2.45) is 5.92 Å². The Morgan fingerprint density at radius 2 is 1.50 bits per heavy atom. The molecule has 4 heteroatoms. The van der Waals surface area contributed by atoms with Gasteiger partial charge in [0.1, 0.15) is 0 Å². The average Bonchev–Trinajstić information content (AvgIpc) is 2.61. The third kappa shape index (κ3) is 3.99. The first-order valence-corrected chi connectivity index (χ1v) is 8.34. The highest BCUT2D eigenvalue weighted by Gasteiger charge is 2.38. The van der Waals surface area contributed by atoms with Crippen LogP contribution in [0, 0.1) is 5.92 Å². The molecule has 1 fully saturated rings. The van der Waals surface area contributed by atoms with Gasteiger partial charge in [-0.15, -0.1) is 0 Å². The van der Waals surface area contributed by atoms with Gasteiger partial charge in [-0.3, -0.25) is 4.79 Å². The highest BCUT2D eigenvalue weighted by Crippen LogP contribution is 2.41.